The van der Waals surface area contributed by atoms with Crippen LogP contribution in [0.3, 0.4) is 0 Å². The molecule has 0 saturated heterocycles. The zero-order chi connectivity index (χ0) is 22.7. The van der Waals surface area contributed by atoms with Crippen molar-refractivity contribution in [2.75, 3.05) is 0 Å². The van der Waals surface area contributed by atoms with Gasteiger partial charge in [0, 0.05) is 18.1 Å². The minimum absolute atomic E-state index is 0.0492. The van der Waals surface area contributed by atoms with Crippen LogP contribution in [0.5, 0.6) is 17.2 Å². The van der Waals surface area contributed by atoms with Crippen LogP contribution in [0.4, 0.5) is 0 Å². The first-order valence-corrected chi connectivity index (χ1v) is 10.00. The van der Waals surface area contributed by atoms with E-state index in [2.05, 4.69) is 52.1 Å². The number of amides is 1. The summed E-state index contributed by atoms with van der Waals surface area (Å²) in [6, 6.07) is 8.06. The second-order valence-corrected chi connectivity index (χ2v) is 9.58. The van der Waals surface area contributed by atoms with Crippen molar-refractivity contribution in [1.29, 1.82) is 0 Å². The summed E-state index contributed by atoms with van der Waals surface area (Å²) >= 11 is 0. The zero-order valence-corrected chi connectivity index (χ0v) is 18.6. The van der Waals surface area contributed by atoms with Crippen molar-refractivity contribution >= 4 is 12.1 Å². The fourth-order valence-corrected chi connectivity index (χ4v) is 3.11. The van der Waals surface area contributed by atoms with Crippen LogP contribution in [0, 0.1) is 0 Å². The second-order valence-electron chi connectivity index (χ2n) is 9.58. The summed E-state index contributed by atoms with van der Waals surface area (Å²) < 4.78 is 0. The zero-order valence-electron chi connectivity index (χ0n) is 18.6. The summed E-state index contributed by atoms with van der Waals surface area (Å²) in [5.74, 6) is -0.109. The van der Waals surface area contributed by atoms with Crippen LogP contribution in [-0.4, -0.2) is 27.4 Å². The van der Waals surface area contributed by atoms with Crippen molar-refractivity contribution in [3.8, 4) is 17.2 Å². The van der Waals surface area contributed by atoms with E-state index in [4.69, 9.17) is 0 Å². The molecule has 0 spiro atoms. The van der Waals surface area contributed by atoms with Crippen LogP contribution in [0.1, 0.15) is 70.2 Å². The minimum atomic E-state index is -0.257. The number of hydrogen-bond donors (Lipinski definition) is 4. The number of hydrogen-bond acceptors (Lipinski definition) is 5. The van der Waals surface area contributed by atoms with E-state index in [-0.39, 0.29) is 34.7 Å². The first kappa shape index (κ1) is 23.3. The number of phenolic OH excluding ortho intramolecular Hbond substituents is 3. The van der Waals surface area contributed by atoms with Gasteiger partial charge in [-0.25, -0.2) is 5.43 Å². The van der Waals surface area contributed by atoms with E-state index in [0.717, 1.165) is 16.7 Å². The van der Waals surface area contributed by atoms with Crippen LogP contribution in [0.2, 0.25) is 0 Å². The first-order chi connectivity index (χ1) is 13.8. The molecule has 0 bridgehead atoms. The normalized spacial score (nSPS) is 12.3. The van der Waals surface area contributed by atoms with Gasteiger partial charge in [-0.15, -0.1) is 0 Å². The van der Waals surface area contributed by atoms with Crippen LogP contribution < -0.4 is 5.43 Å². The largest absolute Gasteiger partial charge is 0.508 e. The van der Waals surface area contributed by atoms with Crippen LogP contribution in [0.25, 0.3) is 0 Å². The standard InChI is InChI=1S/C24H32N2O4/c1-23(2,3)18-11-15(12-19(22(18)30)24(4,5)6)7-10-21(29)26-25-14-16-8-9-17(27)13-20(16)28/h8-9,11-14,27-28,30H,7,10H2,1-6H3,(H,26,29). The Morgan fingerprint density at radius 1 is 0.967 bits per heavy atom. The van der Waals surface area contributed by atoms with E-state index in [0.29, 0.717) is 17.7 Å². The topological polar surface area (TPSA) is 102 Å². The Kier molecular flexibility index (Phi) is 6.80. The molecule has 0 heterocycles. The molecule has 0 fully saturated rings. The molecule has 1 amide bonds. The molecule has 0 aliphatic heterocycles. The second kappa shape index (κ2) is 8.78. The fraction of sp³-hybridized carbons (Fsp3) is 0.417. The van der Waals surface area contributed by atoms with E-state index in [1.54, 1.807) is 0 Å². The fourth-order valence-electron chi connectivity index (χ4n) is 3.11. The number of aryl methyl sites for hydroxylation is 1. The number of rotatable bonds is 5. The van der Waals surface area contributed by atoms with Gasteiger partial charge in [-0.1, -0.05) is 53.7 Å². The molecule has 6 heteroatoms. The van der Waals surface area contributed by atoms with Gasteiger partial charge in [0.25, 0.3) is 0 Å². The van der Waals surface area contributed by atoms with E-state index >= 15 is 0 Å². The third-order valence-electron chi connectivity index (χ3n) is 4.83. The van der Waals surface area contributed by atoms with Gasteiger partial charge in [-0.2, -0.15) is 5.10 Å². The Bertz CT molecular complexity index is 916. The maximum Gasteiger partial charge on any atom is 0.240 e. The quantitative estimate of drug-likeness (QED) is 0.429. The highest BCUT2D eigenvalue weighted by Gasteiger charge is 2.26. The predicted octanol–water partition coefficient (Wildman–Crippen LogP) is 4.48. The lowest BCUT2D eigenvalue weighted by Gasteiger charge is -2.28. The number of benzene rings is 2. The molecule has 0 saturated carbocycles. The molecule has 0 radical (unpaired) electrons. The molecule has 2 rings (SSSR count). The third kappa shape index (κ3) is 5.99. The number of phenols is 3. The van der Waals surface area contributed by atoms with E-state index in [1.165, 1.54) is 24.4 Å². The lowest BCUT2D eigenvalue weighted by molar-refractivity contribution is -0.121. The Morgan fingerprint density at radius 3 is 2.03 bits per heavy atom. The highest BCUT2D eigenvalue weighted by atomic mass is 16.3. The van der Waals surface area contributed by atoms with Crippen molar-refractivity contribution in [2.24, 2.45) is 5.10 Å². The van der Waals surface area contributed by atoms with Gasteiger partial charge >= 0.3 is 0 Å². The molecule has 30 heavy (non-hydrogen) atoms. The highest BCUT2D eigenvalue weighted by Crippen LogP contribution is 2.40. The lowest BCUT2D eigenvalue weighted by Crippen LogP contribution is -2.20. The molecule has 0 aliphatic rings. The van der Waals surface area contributed by atoms with Crippen molar-refractivity contribution < 1.29 is 20.1 Å². The monoisotopic (exact) mass is 412 g/mol. The Hall–Kier alpha value is -3.02. The number of aromatic hydroxyl groups is 3. The molecule has 0 aromatic heterocycles. The van der Waals surface area contributed by atoms with Gasteiger partial charge < -0.3 is 15.3 Å². The summed E-state index contributed by atoms with van der Waals surface area (Å²) in [5.41, 5.74) is 5.11. The molecule has 2 aromatic rings. The Morgan fingerprint density at radius 2 is 1.53 bits per heavy atom. The molecule has 0 atom stereocenters. The van der Waals surface area contributed by atoms with E-state index < -0.39 is 0 Å². The summed E-state index contributed by atoms with van der Waals surface area (Å²) in [4.78, 5) is 12.2. The molecule has 2 aromatic carbocycles. The molecule has 0 unspecified atom stereocenters. The van der Waals surface area contributed by atoms with E-state index in [9.17, 15) is 20.1 Å². The van der Waals surface area contributed by atoms with Gasteiger partial charge in [-0.3, -0.25) is 4.79 Å². The average molecular weight is 413 g/mol. The molecular formula is C24H32N2O4. The molecular weight excluding hydrogens is 380 g/mol. The Balaban J connectivity index is 2.11. The maximum absolute atomic E-state index is 12.2. The van der Waals surface area contributed by atoms with Gasteiger partial charge in [0.05, 0.1) is 6.21 Å². The summed E-state index contributed by atoms with van der Waals surface area (Å²) in [6.07, 6.45) is 2.07. The van der Waals surface area contributed by atoms with Crippen molar-refractivity contribution in [1.82, 2.24) is 5.43 Å². The van der Waals surface area contributed by atoms with Crippen LogP contribution in [-0.2, 0) is 22.0 Å². The van der Waals surface area contributed by atoms with Crippen LogP contribution in [0.15, 0.2) is 35.4 Å². The van der Waals surface area contributed by atoms with Crippen molar-refractivity contribution in [3.63, 3.8) is 0 Å². The minimum Gasteiger partial charge on any atom is -0.508 e. The predicted molar refractivity (Wildman–Crippen MR) is 119 cm³/mol. The van der Waals surface area contributed by atoms with Gasteiger partial charge in [0.2, 0.25) is 5.91 Å². The first-order valence-electron chi connectivity index (χ1n) is 10.00. The van der Waals surface area contributed by atoms with Crippen LogP contribution >= 0.6 is 0 Å². The van der Waals surface area contributed by atoms with Crippen molar-refractivity contribution in [3.05, 3.63) is 52.6 Å². The summed E-state index contributed by atoms with van der Waals surface area (Å²) in [5, 5.41) is 33.7. The summed E-state index contributed by atoms with van der Waals surface area (Å²) in [6.45, 7) is 12.3. The number of nitrogens with one attached hydrogen (secondary N) is 1. The average Bonchev–Trinajstić information content (AvgIpc) is 2.60. The molecule has 4 N–H and O–H groups in total. The Labute approximate surface area is 178 Å². The number of hydrazone groups is 1. The molecule has 162 valence electrons. The van der Waals surface area contributed by atoms with E-state index in [1.807, 2.05) is 12.1 Å². The third-order valence-corrected chi connectivity index (χ3v) is 4.83. The van der Waals surface area contributed by atoms with Gasteiger partial charge in [0.15, 0.2) is 0 Å². The SMILES string of the molecule is CC(C)(C)c1cc(CCC(=O)NN=Cc2ccc(O)cc2O)cc(C(C)(C)C)c1O. The lowest BCUT2D eigenvalue weighted by atomic mass is 9.78. The van der Waals surface area contributed by atoms with Gasteiger partial charge in [-0.05, 0) is 46.1 Å². The summed E-state index contributed by atoms with van der Waals surface area (Å²) in [7, 11) is 0. The van der Waals surface area contributed by atoms with Gasteiger partial charge in [0.1, 0.15) is 17.2 Å². The maximum atomic E-state index is 12.2. The number of carbonyl (C=O) groups excluding carboxylic acids is 1. The molecule has 6 nitrogen and oxygen atoms in total. The molecule has 0 aliphatic carbocycles. The number of nitrogens with zero attached hydrogens (tertiary/aromatic N) is 1. The highest BCUT2D eigenvalue weighted by molar-refractivity contribution is 5.85. The van der Waals surface area contributed by atoms with Crippen molar-refractivity contribution in [2.45, 2.75) is 65.2 Å². The smallest absolute Gasteiger partial charge is 0.240 e. The number of carbonyl (C=O) groups is 1.